The average Bonchev–Trinajstić information content (AvgIpc) is 3.21. The number of amides is 1. The average molecular weight is 547 g/mol. The van der Waals surface area contributed by atoms with E-state index in [0.29, 0.717) is 25.0 Å². The molecule has 0 heterocycles. The third-order valence-electron chi connectivity index (χ3n) is 7.33. The zero-order valence-corrected chi connectivity index (χ0v) is 23.8. The first-order valence-electron chi connectivity index (χ1n) is 13.7. The summed E-state index contributed by atoms with van der Waals surface area (Å²) in [7, 11) is 1.23. The highest BCUT2D eigenvalue weighted by atomic mass is 16.6. The van der Waals surface area contributed by atoms with E-state index in [2.05, 4.69) is 22.4 Å². The fourth-order valence-corrected chi connectivity index (χ4v) is 5.55. The summed E-state index contributed by atoms with van der Waals surface area (Å²) in [5, 5.41) is 13.3. The molecular formula is C32H38N2O6. The van der Waals surface area contributed by atoms with Crippen LogP contribution in [-0.4, -0.2) is 55.0 Å². The first-order valence-corrected chi connectivity index (χ1v) is 13.7. The minimum absolute atomic E-state index is 0.0137. The third-order valence-corrected chi connectivity index (χ3v) is 7.33. The number of ether oxygens (including phenoxy) is 2. The highest BCUT2D eigenvalue weighted by Gasteiger charge is 2.35. The molecule has 2 aliphatic carbocycles. The summed E-state index contributed by atoms with van der Waals surface area (Å²) in [5.41, 5.74) is 4.70. The van der Waals surface area contributed by atoms with Gasteiger partial charge in [-0.1, -0.05) is 76.2 Å². The number of carbonyl (C=O) groups excluding carboxylic acids is 3. The van der Waals surface area contributed by atoms with Crippen LogP contribution >= 0.6 is 0 Å². The van der Waals surface area contributed by atoms with Gasteiger partial charge in [0, 0.05) is 24.5 Å². The molecule has 212 valence electrons. The van der Waals surface area contributed by atoms with Crippen molar-refractivity contribution in [2.45, 2.75) is 58.9 Å². The number of esters is 1. The van der Waals surface area contributed by atoms with Gasteiger partial charge in [-0.3, -0.25) is 9.79 Å². The number of carbonyl (C=O) groups is 3. The van der Waals surface area contributed by atoms with E-state index in [4.69, 9.17) is 9.47 Å². The SMILES string of the molecule is COC(=O)[C@H](CN=C(CC(C)C)C1=C(O)CC(C)(C)CC1=O)NC(=O)OCC1c2ccccc2-c2ccccc21. The van der Waals surface area contributed by atoms with Crippen LogP contribution in [-0.2, 0) is 19.1 Å². The van der Waals surface area contributed by atoms with Crippen LogP contribution in [0.2, 0.25) is 0 Å². The fourth-order valence-electron chi connectivity index (χ4n) is 5.55. The van der Waals surface area contributed by atoms with E-state index in [1.54, 1.807) is 0 Å². The van der Waals surface area contributed by atoms with Crippen molar-refractivity contribution in [2.75, 3.05) is 20.3 Å². The van der Waals surface area contributed by atoms with E-state index in [9.17, 15) is 19.5 Å². The molecule has 1 amide bonds. The molecule has 0 bridgehead atoms. The molecule has 0 aromatic heterocycles. The monoisotopic (exact) mass is 546 g/mol. The Kier molecular flexibility index (Phi) is 8.76. The fraction of sp³-hybridized carbons (Fsp3) is 0.438. The maximum absolute atomic E-state index is 13.0. The predicted molar refractivity (Wildman–Crippen MR) is 153 cm³/mol. The molecule has 2 aliphatic rings. The van der Waals surface area contributed by atoms with Gasteiger partial charge in [-0.15, -0.1) is 0 Å². The lowest BCUT2D eigenvalue weighted by Crippen LogP contribution is -2.44. The van der Waals surface area contributed by atoms with Gasteiger partial charge < -0.3 is 19.9 Å². The Morgan fingerprint density at radius 3 is 2.20 bits per heavy atom. The number of aliphatic hydroxyl groups excluding tert-OH is 1. The van der Waals surface area contributed by atoms with E-state index < -0.39 is 18.1 Å². The van der Waals surface area contributed by atoms with Gasteiger partial charge in [0.05, 0.1) is 19.2 Å². The molecule has 40 heavy (non-hydrogen) atoms. The van der Waals surface area contributed by atoms with Gasteiger partial charge in [-0.25, -0.2) is 9.59 Å². The van der Waals surface area contributed by atoms with Crippen LogP contribution in [0, 0.1) is 11.3 Å². The van der Waals surface area contributed by atoms with Crippen molar-refractivity contribution in [3.8, 4) is 11.1 Å². The van der Waals surface area contributed by atoms with E-state index in [1.165, 1.54) is 7.11 Å². The number of methoxy groups -OCH3 is 1. The van der Waals surface area contributed by atoms with Gasteiger partial charge in [-0.2, -0.15) is 0 Å². The Labute approximate surface area is 235 Å². The number of Topliss-reactive ketones (excluding diaryl/α,β-unsaturated/α-hetero) is 1. The Morgan fingerprint density at radius 2 is 1.65 bits per heavy atom. The van der Waals surface area contributed by atoms with Crippen LogP contribution in [0.4, 0.5) is 4.79 Å². The van der Waals surface area contributed by atoms with Gasteiger partial charge >= 0.3 is 12.1 Å². The van der Waals surface area contributed by atoms with Crippen LogP contribution in [0.1, 0.15) is 64.0 Å². The number of rotatable bonds is 9. The van der Waals surface area contributed by atoms with Crippen LogP contribution in [0.5, 0.6) is 0 Å². The minimum atomic E-state index is -1.12. The lowest BCUT2D eigenvalue weighted by Gasteiger charge is -2.30. The normalized spacial score (nSPS) is 17.4. The van der Waals surface area contributed by atoms with Crippen molar-refractivity contribution in [1.82, 2.24) is 5.32 Å². The zero-order chi connectivity index (χ0) is 29.0. The quantitative estimate of drug-likeness (QED) is 0.306. The second-order valence-electron chi connectivity index (χ2n) is 11.7. The third kappa shape index (κ3) is 6.43. The van der Waals surface area contributed by atoms with Crippen LogP contribution < -0.4 is 5.32 Å². The summed E-state index contributed by atoms with van der Waals surface area (Å²) in [6.07, 6.45) is 0.325. The molecule has 8 heteroatoms. The molecule has 2 N–H and O–H groups in total. The van der Waals surface area contributed by atoms with Gasteiger partial charge in [0.1, 0.15) is 18.4 Å². The van der Waals surface area contributed by atoms with Gasteiger partial charge in [0.15, 0.2) is 5.78 Å². The lowest BCUT2D eigenvalue weighted by molar-refractivity contribution is -0.142. The van der Waals surface area contributed by atoms with Crippen molar-refractivity contribution in [3.63, 3.8) is 0 Å². The van der Waals surface area contributed by atoms with Crippen LogP contribution in [0.15, 0.2) is 64.9 Å². The molecule has 2 aromatic carbocycles. The molecule has 0 aliphatic heterocycles. The van der Waals surface area contributed by atoms with Crippen molar-refractivity contribution in [2.24, 2.45) is 16.3 Å². The standard InChI is InChI=1S/C32H38N2O6/c1-19(2)14-25(29-27(35)15-32(3,4)16-28(29)36)33-17-26(30(37)39-5)34-31(38)40-18-24-22-12-8-6-10-20(22)21-11-7-9-13-23(21)24/h6-13,19,24,26,35H,14-18H2,1-5H3,(H,34,38)/t26-/m0/s1. The van der Waals surface area contributed by atoms with Gasteiger partial charge in [-0.05, 0) is 40.0 Å². The number of alkyl carbamates (subject to hydrolysis) is 1. The molecule has 0 unspecified atom stereocenters. The number of allylic oxidation sites excluding steroid dienone is 2. The zero-order valence-electron chi connectivity index (χ0n) is 23.8. The maximum Gasteiger partial charge on any atom is 0.407 e. The Morgan fingerprint density at radius 1 is 1.05 bits per heavy atom. The smallest absolute Gasteiger partial charge is 0.407 e. The van der Waals surface area contributed by atoms with Gasteiger partial charge in [0.25, 0.3) is 0 Å². The van der Waals surface area contributed by atoms with Crippen LogP contribution in [0.25, 0.3) is 11.1 Å². The maximum atomic E-state index is 13.0. The first kappa shape index (κ1) is 29.1. The van der Waals surface area contributed by atoms with E-state index in [1.807, 2.05) is 64.1 Å². The predicted octanol–water partition coefficient (Wildman–Crippen LogP) is 5.76. The number of ketones is 1. The molecule has 0 spiro atoms. The molecule has 8 nitrogen and oxygen atoms in total. The number of nitrogens with one attached hydrogen (secondary N) is 1. The summed E-state index contributed by atoms with van der Waals surface area (Å²) >= 11 is 0. The van der Waals surface area contributed by atoms with Crippen molar-refractivity contribution < 1.29 is 29.0 Å². The summed E-state index contributed by atoms with van der Waals surface area (Å²) in [6.45, 7) is 7.77. The Balaban J connectivity index is 1.49. The lowest BCUT2D eigenvalue weighted by atomic mass is 9.75. The summed E-state index contributed by atoms with van der Waals surface area (Å²) in [6, 6.07) is 14.9. The number of aliphatic hydroxyl groups is 1. The number of benzene rings is 2. The van der Waals surface area contributed by atoms with E-state index in [-0.39, 0.29) is 47.5 Å². The molecule has 2 aromatic rings. The Bertz CT molecular complexity index is 1310. The molecular weight excluding hydrogens is 508 g/mol. The molecule has 0 fully saturated rings. The molecule has 0 saturated heterocycles. The van der Waals surface area contributed by atoms with E-state index in [0.717, 1.165) is 22.3 Å². The minimum Gasteiger partial charge on any atom is -0.511 e. The van der Waals surface area contributed by atoms with Crippen molar-refractivity contribution in [1.29, 1.82) is 0 Å². The largest absolute Gasteiger partial charge is 0.511 e. The van der Waals surface area contributed by atoms with Crippen molar-refractivity contribution >= 4 is 23.6 Å². The van der Waals surface area contributed by atoms with Gasteiger partial charge in [0.2, 0.25) is 0 Å². The molecule has 0 radical (unpaired) electrons. The topological polar surface area (TPSA) is 114 Å². The highest BCUT2D eigenvalue weighted by Crippen LogP contribution is 2.44. The van der Waals surface area contributed by atoms with E-state index >= 15 is 0 Å². The second-order valence-corrected chi connectivity index (χ2v) is 11.7. The summed E-state index contributed by atoms with van der Waals surface area (Å²) in [4.78, 5) is 43.0. The molecule has 0 saturated carbocycles. The second kappa shape index (κ2) is 12.1. The number of nitrogens with zero attached hydrogens (tertiary/aromatic N) is 1. The highest BCUT2D eigenvalue weighted by molar-refractivity contribution is 6.23. The molecule has 4 rings (SSSR count). The number of hydrogen-bond donors (Lipinski definition) is 2. The van der Waals surface area contributed by atoms with Crippen LogP contribution in [0.3, 0.4) is 0 Å². The Hall–Kier alpha value is -3.94. The molecule has 1 atom stereocenters. The first-order chi connectivity index (χ1) is 19.0. The number of hydrogen-bond acceptors (Lipinski definition) is 7. The summed E-state index contributed by atoms with van der Waals surface area (Å²) in [5.74, 6) is -0.821. The summed E-state index contributed by atoms with van der Waals surface area (Å²) < 4.78 is 10.5. The van der Waals surface area contributed by atoms with Crippen molar-refractivity contribution in [3.05, 3.63) is 71.0 Å². The number of aliphatic imine (C=N–C) groups is 1. The number of fused-ring (bicyclic) bond motifs is 3.